The molecule has 8 rings (SSSR count). The van der Waals surface area contributed by atoms with Crippen LogP contribution in [0.3, 0.4) is 0 Å². The Kier molecular flexibility index (Phi) is 6.73. The molecular formula is C44H36N2. The number of rotatable bonds is 6. The molecule has 0 saturated carbocycles. The van der Waals surface area contributed by atoms with E-state index in [0.717, 1.165) is 22.7 Å². The van der Waals surface area contributed by atoms with Gasteiger partial charge in [0.15, 0.2) is 0 Å². The summed E-state index contributed by atoms with van der Waals surface area (Å²) >= 11 is 0. The van der Waals surface area contributed by atoms with Crippen molar-refractivity contribution in [1.29, 1.82) is 0 Å². The number of hydrogen-bond donors (Lipinski definition) is 0. The summed E-state index contributed by atoms with van der Waals surface area (Å²) in [6.45, 7) is 8.57. The van der Waals surface area contributed by atoms with Crippen LogP contribution in [0.5, 0.6) is 0 Å². The fourth-order valence-corrected chi connectivity index (χ4v) is 6.79. The SMILES string of the molecule is Cc1ccc(N(c2ccc(C)cc2)c2ccc3ccc4c(N(c5ccc(C)cc5)c5ccc(C)cc5)ccc5ccc2c3c54)cc1. The molecule has 0 heterocycles. The van der Waals surface area contributed by atoms with Crippen LogP contribution < -0.4 is 9.80 Å². The van der Waals surface area contributed by atoms with E-state index >= 15 is 0 Å². The van der Waals surface area contributed by atoms with Gasteiger partial charge in [0.1, 0.15) is 0 Å². The Labute approximate surface area is 271 Å². The minimum atomic E-state index is 1.15. The van der Waals surface area contributed by atoms with Gasteiger partial charge in [-0.05, 0) is 110 Å². The average Bonchev–Trinajstić information content (AvgIpc) is 3.08. The maximum absolute atomic E-state index is 2.40. The van der Waals surface area contributed by atoms with E-state index < -0.39 is 0 Å². The minimum Gasteiger partial charge on any atom is -0.310 e. The van der Waals surface area contributed by atoms with Crippen LogP contribution in [0.2, 0.25) is 0 Å². The predicted molar refractivity (Wildman–Crippen MR) is 198 cm³/mol. The third-order valence-corrected chi connectivity index (χ3v) is 9.27. The molecule has 0 spiro atoms. The third kappa shape index (κ3) is 4.74. The van der Waals surface area contributed by atoms with Crippen molar-refractivity contribution >= 4 is 66.4 Å². The maximum atomic E-state index is 2.40. The molecule has 2 nitrogen and oxygen atoms in total. The van der Waals surface area contributed by atoms with Gasteiger partial charge in [-0.25, -0.2) is 0 Å². The van der Waals surface area contributed by atoms with Crippen LogP contribution in [0.4, 0.5) is 34.1 Å². The molecule has 0 N–H and O–H groups in total. The van der Waals surface area contributed by atoms with Crippen molar-refractivity contribution < 1.29 is 0 Å². The van der Waals surface area contributed by atoms with Crippen molar-refractivity contribution in [3.63, 3.8) is 0 Å². The molecule has 0 atom stereocenters. The van der Waals surface area contributed by atoms with E-state index in [2.05, 4.69) is 183 Å². The molecule has 0 fully saturated rings. The Bertz CT molecular complexity index is 2060. The van der Waals surface area contributed by atoms with Crippen molar-refractivity contribution in [3.8, 4) is 0 Å². The monoisotopic (exact) mass is 592 g/mol. The third-order valence-electron chi connectivity index (χ3n) is 9.27. The van der Waals surface area contributed by atoms with Crippen LogP contribution in [0.15, 0.2) is 146 Å². The smallest absolute Gasteiger partial charge is 0.0540 e. The Morgan fingerprint density at radius 3 is 0.826 bits per heavy atom. The lowest BCUT2D eigenvalue weighted by atomic mass is 9.91. The van der Waals surface area contributed by atoms with Gasteiger partial charge < -0.3 is 9.80 Å². The Balaban J connectivity index is 1.40. The number of anilines is 6. The summed E-state index contributed by atoms with van der Waals surface area (Å²) in [6.07, 6.45) is 0. The first-order chi connectivity index (χ1) is 22.4. The quantitative estimate of drug-likeness (QED) is 0.177. The van der Waals surface area contributed by atoms with Crippen molar-refractivity contribution in [1.82, 2.24) is 0 Å². The van der Waals surface area contributed by atoms with Crippen LogP contribution in [-0.4, -0.2) is 0 Å². The summed E-state index contributed by atoms with van der Waals surface area (Å²) in [5, 5.41) is 7.58. The zero-order chi connectivity index (χ0) is 31.4. The van der Waals surface area contributed by atoms with Crippen LogP contribution in [0.25, 0.3) is 32.3 Å². The first-order valence-corrected chi connectivity index (χ1v) is 16.0. The van der Waals surface area contributed by atoms with Crippen LogP contribution in [-0.2, 0) is 0 Å². The second-order valence-electron chi connectivity index (χ2n) is 12.6. The molecule has 0 saturated heterocycles. The molecule has 0 aliphatic rings. The highest BCUT2D eigenvalue weighted by Crippen LogP contribution is 2.47. The van der Waals surface area contributed by atoms with Gasteiger partial charge in [-0.3, -0.25) is 0 Å². The molecule has 8 aromatic carbocycles. The number of nitrogens with zero attached hydrogens (tertiary/aromatic N) is 2. The Hall–Kier alpha value is -5.60. The van der Waals surface area contributed by atoms with Crippen molar-refractivity contribution in [2.24, 2.45) is 0 Å². The number of benzene rings is 8. The minimum absolute atomic E-state index is 1.15. The molecule has 8 aromatic rings. The zero-order valence-electron chi connectivity index (χ0n) is 26.8. The molecule has 0 radical (unpaired) electrons. The summed E-state index contributed by atoms with van der Waals surface area (Å²) in [7, 11) is 0. The second kappa shape index (κ2) is 11.1. The molecule has 222 valence electrons. The Morgan fingerprint density at radius 2 is 0.543 bits per heavy atom. The number of hydrogen-bond acceptors (Lipinski definition) is 2. The number of aryl methyl sites for hydroxylation is 4. The van der Waals surface area contributed by atoms with Crippen LogP contribution in [0, 0.1) is 27.7 Å². The van der Waals surface area contributed by atoms with Crippen LogP contribution in [0.1, 0.15) is 22.3 Å². The molecule has 0 bridgehead atoms. The molecule has 0 aliphatic carbocycles. The fourth-order valence-electron chi connectivity index (χ4n) is 6.79. The normalized spacial score (nSPS) is 11.5. The van der Waals surface area contributed by atoms with E-state index in [1.54, 1.807) is 0 Å². The van der Waals surface area contributed by atoms with Gasteiger partial charge in [-0.1, -0.05) is 107 Å². The standard InChI is InChI=1S/C44H36N2/c1-29-5-17-35(18-6-29)45(36-19-7-30(2)8-20-36)41-27-15-33-14-26-40-42(28-16-34-13-25-39(41)43(33)44(34)40)46(37-21-9-31(3)10-22-37)38-23-11-32(4)12-24-38/h5-28H,1-4H3. The second-order valence-corrected chi connectivity index (χ2v) is 12.6. The molecule has 0 aliphatic heterocycles. The summed E-state index contributed by atoms with van der Waals surface area (Å²) in [5.41, 5.74) is 12.0. The van der Waals surface area contributed by atoms with Crippen molar-refractivity contribution in [2.45, 2.75) is 27.7 Å². The molecule has 2 heteroatoms. The predicted octanol–water partition coefficient (Wildman–Crippen LogP) is 12.8. The fraction of sp³-hybridized carbons (Fsp3) is 0.0909. The van der Waals surface area contributed by atoms with Gasteiger partial charge in [0.2, 0.25) is 0 Å². The first kappa shape index (κ1) is 27.9. The summed E-state index contributed by atoms with van der Waals surface area (Å²) in [6, 6.07) is 53.8. The van der Waals surface area contributed by atoms with Gasteiger partial charge in [0.25, 0.3) is 0 Å². The van der Waals surface area contributed by atoms with Crippen LogP contribution >= 0.6 is 0 Å². The highest BCUT2D eigenvalue weighted by Gasteiger charge is 2.21. The topological polar surface area (TPSA) is 6.48 Å². The van der Waals surface area contributed by atoms with E-state index in [9.17, 15) is 0 Å². The summed E-state index contributed by atoms with van der Waals surface area (Å²) < 4.78 is 0. The van der Waals surface area contributed by atoms with E-state index in [1.807, 2.05) is 0 Å². The van der Waals surface area contributed by atoms with E-state index in [4.69, 9.17) is 0 Å². The maximum Gasteiger partial charge on any atom is 0.0540 e. The lowest BCUT2D eigenvalue weighted by molar-refractivity contribution is 1.28. The van der Waals surface area contributed by atoms with E-state index in [1.165, 1.54) is 65.9 Å². The highest BCUT2D eigenvalue weighted by atomic mass is 15.1. The zero-order valence-corrected chi connectivity index (χ0v) is 26.8. The summed E-state index contributed by atoms with van der Waals surface area (Å²) in [5.74, 6) is 0. The average molecular weight is 593 g/mol. The lowest BCUT2D eigenvalue weighted by Gasteiger charge is -2.29. The molecule has 0 aromatic heterocycles. The molecule has 0 unspecified atom stereocenters. The Morgan fingerprint density at radius 1 is 0.283 bits per heavy atom. The van der Waals surface area contributed by atoms with Crippen molar-refractivity contribution in [2.75, 3.05) is 9.80 Å². The van der Waals surface area contributed by atoms with Gasteiger partial charge in [-0.2, -0.15) is 0 Å². The van der Waals surface area contributed by atoms with Gasteiger partial charge in [0.05, 0.1) is 11.4 Å². The molecule has 0 amide bonds. The lowest BCUT2D eigenvalue weighted by Crippen LogP contribution is -2.11. The van der Waals surface area contributed by atoms with Crippen molar-refractivity contribution in [3.05, 3.63) is 168 Å². The van der Waals surface area contributed by atoms with E-state index in [-0.39, 0.29) is 0 Å². The highest BCUT2D eigenvalue weighted by molar-refractivity contribution is 6.28. The van der Waals surface area contributed by atoms with Gasteiger partial charge >= 0.3 is 0 Å². The first-order valence-electron chi connectivity index (χ1n) is 16.0. The van der Waals surface area contributed by atoms with Gasteiger partial charge in [-0.15, -0.1) is 0 Å². The van der Waals surface area contributed by atoms with E-state index in [0.29, 0.717) is 0 Å². The summed E-state index contributed by atoms with van der Waals surface area (Å²) in [4.78, 5) is 4.80. The molecule has 46 heavy (non-hydrogen) atoms. The van der Waals surface area contributed by atoms with Gasteiger partial charge in [0, 0.05) is 33.5 Å². The molecular weight excluding hydrogens is 556 g/mol. The largest absolute Gasteiger partial charge is 0.310 e.